The van der Waals surface area contributed by atoms with Gasteiger partial charge in [0.2, 0.25) is 11.8 Å². The molecule has 6 heteroatoms. The predicted octanol–water partition coefficient (Wildman–Crippen LogP) is 2.12. The molecule has 1 amide bonds. The number of rotatable bonds is 5. The Labute approximate surface area is 123 Å². The van der Waals surface area contributed by atoms with E-state index in [2.05, 4.69) is 17.2 Å². The van der Waals surface area contributed by atoms with E-state index >= 15 is 0 Å². The maximum Gasteiger partial charge on any atom is 0.237 e. The largest absolute Gasteiger partial charge is 0.478 e. The second-order valence-corrected chi connectivity index (χ2v) is 5.67. The van der Waals surface area contributed by atoms with Crippen LogP contribution >= 0.6 is 12.2 Å². The molecule has 5 nitrogen and oxygen atoms in total. The average Bonchev–Trinajstić information content (AvgIpc) is 2.37. The monoisotopic (exact) mass is 293 g/mol. The van der Waals surface area contributed by atoms with Crippen LogP contribution in [0, 0.1) is 11.3 Å². The molecule has 2 rings (SSSR count). The molecule has 1 aliphatic carbocycles. The zero-order valence-electron chi connectivity index (χ0n) is 11.7. The summed E-state index contributed by atoms with van der Waals surface area (Å²) in [4.78, 5) is 16.8. The summed E-state index contributed by atoms with van der Waals surface area (Å²) in [5, 5.41) is 2.83. The second kappa shape index (κ2) is 5.75. The third-order valence-corrected chi connectivity index (χ3v) is 3.98. The number of hydrogen-bond acceptors (Lipinski definition) is 4. The van der Waals surface area contributed by atoms with Crippen molar-refractivity contribution in [2.24, 2.45) is 17.1 Å². The Balaban J connectivity index is 2.05. The van der Waals surface area contributed by atoms with Gasteiger partial charge in [0.1, 0.15) is 0 Å². The average molecular weight is 293 g/mol. The first kappa shape index (κ1) is 14.7. The first-order valence-corrected chi connectivity index (χ1v) is 7.09. The maximum atomic E-state index is 12.4. The van der Waals surface area contributed by atoms with Gasteiger partial charge >= 0.3 is 0 Å². The number of anilines is 1. The van der Waals surface area contributed by atoms with Gasteiger partial charge in [-0.25, -0.2) is 4.98 Å². The Morgan fingerprint density at radius 1 is 1.60 bits per heavy atom. The Kier molecular flexibility index (Phi) is 4.23. The van der Waals surface area contributed by atoms with Gasteiger partial charge < -0.3 is 15.8 Å². The molecular formula is C14H19N3O2S. The highest BCUT2D eigenvalue weighted by molar-refractivity contribution is 7.80. The van der Waals surface area contributed by atoms with E-state index in [-0.39, 0.29) is 10.9 Å². The van der Waals surface area contributed by atoms with Crippen LogP contribution in [0.5, 0.6) is 5.88 Å². The summed E-state index contributed by atoms with van der Waals surface area (Å²) in [5.74, 6) is 0.863. The van der Waals surface area contributed by atoms with E-state index in [1.54, 1.807) is 18.3 Å². The molecule has 0 aromatic carbocycles. The van der Waals surface area contributed by atoms with Gasteiger partial charge in [-0.3, -0.25) is 4.79 Å². The van der Waals surface area contributed by atoms with Gasteiger partial charge in [0.25, 0.3) is 0 Å². The minimum absolute atomic E-state index is 0.144. The Morgan fingerprint density at radius 3 is 2.75 bits per heavy atom. The number of amides is 1. The lowest BCUT2D eigenvalue weighted by Gasteiger charge is -2.44. The van der Waals surface area contributed by atoms with Crippen LogP contribution in [-0.4, -0.2) is 22.5 Å². The van der Waals surface area contributed by atoms with Crippen LogP contribution in [0.4, 0.5) is 5.69 Å². The van der Waals surface area contributed by atoms with Crippen molar-refractivity contribution in [2.75, 3.05) is 11.9 Å². The summed E-state index contributed by atoms with van der Waals surface area (Å²) in [6.45, 7) is 4.53. The van der Waals surface area contributed by atoms with E-state index in [4.69, 9.17) is 22.7 Å². The highest BCUT2D eigenvalue weighted by atomic mass is 32.1. The summed E-state index contributed by atoms with van der Waals surface area (Å²) in [6.07, 6.45) is 2.98. The molecule has 1 aromatic heterocycles. The zero-order valence-corrected chi connectivity index (χ0v) is 12.5. The van der Waals surface area contributed by atoms with Gasteiger partial charge in [0, 0.05) is 6.07 Å². The highest BCUT2D eigenvalue weighted by Gasteiger charge is 2.50. The van der Waals surface area contributed by atoms with Crippen molar-refractivity contribution in [3.05, 3.63) is 18.3 Å². The summed E-state index contributed by atoms with van der Waals surface area (Å²) >= 11 is 5.06. The Hall–Kier alpha value is -1.69. The van der Waals surface area contributed by atoms with Gasteiger partial charge in [-0.1, -0.05) is 19.1 Å². The van der Waals surface area contributed by atoms with E-state index < -0.39 is 5.41 Å². The molecule has 1 fully saturated rings. The number of nitrogens with zero attached hydrogens (tertiary/aromatic N) is 1. The van der Waals surface area contributed by atoms with Gasteiger partial charge in [0.05, 0.1) is 28.9 Å². The molecule has 1 saturated carbocycles. The molecule has 1 aromatic rings. The minimum Gasteiger partial charge on any atom is -0.478 e. The Morgan fingerprint density at radius 2 is 2.30 bits per heavy atom. The molecule has 20 heavy (non-hydrogen) atoms. The lowest BCUT2D eigenvalue weighted by molar-refractivity contribution is -0.127. The summed E-state index contributed by atoms with van der Waals surface area (Å²) in [5.41, 5.74) is 5.67. The third-order valence-electron chi connectivity index (χ3n) is 3.59. The number of carbonyl (C=O) groups excluding carboxylic acids is 1. The standard InChI is InChI=1S/C14H19N3O2S/c1-3-19-11-5-4-10(8-16-11)17-13(18)14(12(15)20)6-9(2)7-14/h4-5,8-9H,3,6-7H2,1-2H3,(H2,15,20)(H,17,18). The fourth-order valence-electron chi connectivity index (χ4n) is 2.57. The van der Waals surface area contributed by atoms with E-state index in [0.717, 1.165) is 0 Å². The SMILES string of the molecule is CCOc1ccc(NC(=O)C2(C(N)=S)CC(C)C2)cn1. The predicted molar refractivity (Wildman–Crippen MR) is 81.7 cm³/mol. The summed E-state index contributed by atoms with van der Waals surface area (Å²) < 4.78 is 5.25. The van der Waals surface area contributed by atoms with E-state index in [1.165, 1.54) is 0 Å². The number of nitrogens with one attached hydrogen (secondary N) is 1. The van der Waals surface area contributed by atoms with Gasteiger partial charge in [0.15, 0.2) is 0 Å². The molecular weight excluding hydrogens is 274 g/mol. The van der Waals surface area contributed by atoms with Crippen LogP contribution in [0.3, 0.4) is 0 Å². The molecule has 0 radical (unpaired) electrons. The zero-order chi connectivity index (χ0) is 14.8. The van der Waals surface area contributed by atoms with Gasteiger partial charge in [-0.2, -0.15) is 0 Å². The molecule has 0 spiro atoms. The molecule has 0 unspecified atom stereocenters. The fourth-order valence-corrected chi connectivity index (χ4v) is 2.83. The van der Waals surface area contributed by atoms with Crippen molar-refractivity contribution in [2.45, 2.75) is 26.7 Å². The number of thiocarbonyl (C=S) groups is 1. The molecule has 1 heterocycles. The Bertz CT molecular complexity index is 510. The fraction of sp³-hybridized carbons (Fsp3) is 0.500. The number of hydrogen-bond donors (Lipinski definition) is 2. The topological polar surface area (TPSA) is 77.2 Å². The van der Waals surface area contributed by atoms with Crippen LogP contribution in [0.2, 0.25) is 0 Å². The van der Waals surface area contributed by atoms with Crippen molar-refractivity contribution in [3.63, 3.8) is 0 Å². The van der Waals surface area contributed by atoms with Crippen LogP contribution in [0.15, 0.2) is 18.3 Å². The van der Waals surface area contributed by atoms with Crippen molar-refractivity contribution in [1.29, 1.82) is 0 Å². The normalized spacial score (nSPS) is 24.6. The van der Waals surface area contributed by atoms with E-state index in [1.807, 2.05) is 6.92 Å². The lowest BCUT2D eigenvalue weighted by atomic mass is 9.62. The van der Waals surface area contributed by atoms with Gasteiger partial charge in [-0.15, -0.1) is 0 Å². The maximum absolute atomic E-state index is 12.4. The first-order chi connectivity index (χ1) is 9.48. The van der Waals surface area contributed by atoms with Crippen LogP contribution < -0.4 is 15.8 Å². The molecule has 0 saturated heterocycles. The molecule has 108 valence electrons. The number of pyridine rings is 1. The van der Waals surface area contributed by atoms with Crippen molar-refractivity contribution in [1.82, 2.24) is 4.98 Å². The highest BCUT2D eigenvalue weighted by Crippen LogP contribution is 2.46. The third kappa shape index (κ3) is 2.75. The molecule has 0 atom stereocenters. The number of aromatic nitrogens is 1. The number of nitrogens with two attached hydrogens (primary N) is 1. The summed E-state index contributed by atoms with van der Waals surface area (Å²) in [7, 11) is 0. The van der Waals surface area contributed by atoms with E-state index in [9.17, 15) is 4.79 Å². The van der Waals surface area contributed by atoms with E-state index in [0.29, 0.717) is 36.9 Å². The van der Waals surface area contributed by atoms with Crippen LogP contribution in [0.25, 0.3) is 0 Å². The molecule has 0 bridgehead atoms. The van der Waals surface area contributed by atoms with Crippen LogP contribution in [0.1, 0.15) is 26.7 Å². The first-order valence-electron chi connectivity index (χ1n) is 6.68. The molecule has 0 aliphatic heterocycles. The molecule has 3 N–H and O–H groups in total. The van der Waals surface area contributed by atoms with Crippen molar-refractivity contribution < 1.29 is 9.53 Å². The van der Waals surface area contributed by atoms with Crippen molar-refractivity contribution in [3.8, 4) is 5.88 Å². The van der Waals surface area contributed by atoms with Crippen molar-refractivity contribution >= 4 is 28.8 Å². The number of ether oxygens (including phenoxy) is 1. The summed E-state index contributed by atoms with van der Waals surface area (Å²) in [6, 6.07) is 3.47. The quantitative estimate of drug-likeness (QED) is 0.813. The van der Waals surface area contributed by atoms with Crippen LogP contribution in [-0.2, 0) is 4.79 Å². The lowest BCUT2D eigenvalue weighted by Crippen LogP contribution is -2.53. The van der Waals surface area contributed by atoms with Gasteiger partial charge in [-0.05, 0) is 31.7 Å². The second-order valence-electron chi connectivity index (χ2n) is 5.23. The number of carbonyl (C=O) groups is 1. The smallest absolute Gasteiger partial charge is 0.237 e. The minimum atomic E-state index is -0.701. The molecule has 1 aliphatic rings.